The van der Waals surface area contributed by atoms with E-state index in [-0.39, 0.29) is 5.60 Å². The molecule has 102 valence electrons. The Morgan fingerprint density at radius 1 is 1.06 bits per heavy atom. The topological polar surface area (TPSA) is 35.2 Å². The standard InChI is InChI=1S/C16H27NO/c17-14-6-4-5-13(11-14)12-15-7-10-16(18-15)8-2-1-3-9-16/h12,14-15H,1-11,17H2. The second-order valence-corrected chi connectivity index (χ2v) is 6.62. The number of ether oxygens (including phenoxy) is 1. The van der Waals surface area contributed by atoms with Gasteiger partial charge in [0, 0.05) is 6.04 Å². The van der Waals surface area contributed by atoms with Gasteiger partial charge in [-0.05, 0) is 51.4 Å². The van der Waals surface area contributed by atoms with Crippen LogP contribution in [-0.4, -0.2) is 17.7 Å². The average molecular weight is 249 g/mol. The SMILES string of the molecule is NC1CCCC(=CC2CCC3(CCCCC3)O2)C1. The first-order valence-corrected chi connectivity index (χ1v) is 7.89. The molecule has 2 nitrogen and oxygen atoms in total. The van der Waals surface area contributed by atoms with Crippen LogP contribution in [-0.2, 0) is 4.74 Å². The van der Waals surface area contributed by atoms with Gasteiger partial charge in [0.2, 0.25) is 0 Å². The normalized spacial score (nSPS) is 38.4. The van der Waals surface area contributed by atoms with E-state index in [1.165, 1.54) is 64.2 Å². The molecule has 0 aromatic heterocycles. The Hall–Kier alpha value is -0.340. The molecule has 0 bridgehead atoms. The van der Waals surface area contributed by atoms with Crippen molar-refractivity contribution in [2.75, 3.05) is 0 Å². The number of nitrogens with two attached hydrogens (primary N) is 1. The fourth-order valence-electron chi connectivity index (χ4n) is 4.07. The zero-order valence-electron chi connectivity index (χ0n) is 11.5. The highest BCUT2D eigenvalue weighted by molar-refractivity contribution is 5.12. The Kier molecular flexibility index (Phi) is 3.76. The lowest BCUT2D eigenvalue weighted by Gasteiger charge is -2.33. The Labute approximate surface area is 111 Å². The van der Waals surface area contributed by atoms with Crippen molar-refractivity contribution in [3.8, 4) is 0 Å². The summed E-state index contributed by atoms with van der Waals surface area (Å²) in [5.74, 6) is 0. The molecule has 0 aromatic carbocycles. The van der Waals surface area contributed by atoms with Crippen LogP contribution in [0.1, 0.15) is 70.6 Å². The lowest BCUT2D eigenvalue weighted by Crippen LogP contribution is -2.31. The molecule has 0 aromatic rings. The van der Waals surface area contributed by atoms with Crippen LogP contribution >= 0.6 is 0 Å². The highest BCUT2D eigenvalue weighted by Crippen LogP contribution is 2.42. The van der Waals surface area contributed by atoms with Crippen LogP contribution in [0.4, 0.5) is 0 Å². The third-order valence-corrected chi connectivity index (χ3v) is 5.07. The van der Waals surface area contributed by atoms with E-state index >= 15 is 0 Å². The summed E-state index contributed by atoms with van der Waals surface area (Å²) in [7, 11) is 0. The summed E-state index contributed by atoms with van der Waals surface area (Å²) in [6, 6.07) is 0.398. The first kappa shape index (κ1) is 12.7. The molecule has 2 N–H and O–H groups in total. The maximum absolute atomic E-state index is 6.41. The number of hydrogen-bond donors (Lipinski definition) is 1. The van der Waals surface area contributed by atoms with Gasteiger partial charge in [0.25, 0.3) is 0 Å². The quantitative estimate of drug-likeness (QED) is 0.719. The van der Waals surface area contributed by atoms with E-state index in [1.54, 1.807) is 5.57 Å². The molecule has 3 rings (SSSR count). The van der Waals surface area contributed by atoms with Crippen molar-refractivity contribution in [3.05, 3.63) is 11.6 Å². The Morgan fingerprint density at radius 2 is 1.89 bits per heavy atom. The van der Waals surface area contributed by atoms with Gasteiger partial charge < -0.3 is 10.5 Å². The number of rotatable bonds is 1. The molecular formula is C16H27NO. The van der Waals surface area contributed by atoms with Gasteiger partial charge in [-0.2, -0.15) is 0 Å². The largest absolute Gasteiger partial charge is 0.368 e. The van der Waals surface area contributed by atoms with Crippen LogP contribution in [0.5, 0.6) is 0 Å². The summed E-state index contributed by atoms with van der Waals surface area (Å²) in [6.45, 7) is 0. The summed E-state index contributed by atoms with van der Waals surface area (Å²) in [4.78, 5) is 0. The molecule has 2 heteroatoms. The fourth-order valence-corrected chi connectivity index (χ4v) is 4.07. The third-order valence-electron chi connectivity index (χ3n) is 5.07. The molecule has 2 unspecified atom stereocenters. The van der Waals surface area contributed by atoms with E-state index in [1.807, 2.05) is 0 Å². The van der Waals surface area contributed by atoms with Crippen molar-refractivity contribution in [2.24, 2.45) is 5.73 Å². The maximum atomic E-state index is 6.41. The summed E-state index contributed by atoms with van der Waals surface area (Å²) < 4.78 is 6.41. The van der Waals surface area contributed by atoms with Crippen LogP contribution in [0.25, 0.3) is 0 Å². The molecule has 0 radical (unpaired) electrons. The van der Waals surface area contributed by atoms with E-state index in [0.717, 1.165) is 6.42 Å². The predicted molar refractivity (Wildman–Crippen MR) is 74.4 cm³/mol. The Morgan fingerprint density at radius 3 is 2.67 bits per heavy atom. The highest BCUT2D eigenvalue weighted by Gasteiger charge is 2.40. The monoisotopic (exact) mass is 249 g/mol. The smallest absolute Gasteiger partial charge is 0.0767 e. The summed E-state index contributed by atoms with van der Waals surface area (Å²) in [5.41, 5.74) is 7.88. The molecule has 1 aliphatic heterocycles. The van der Waals surface area contributed by atoms with Gasteiger partial charge in [-0.3, -0.25) is 0 Å². The Bertz CT molecular complexity index is 317. The predicted octanol–water partition coefficient (Wildman–Crippen LogP) is 3.70. The van der Waals surface area contributed by atoms with E-state index in [9.17, 15) is 0 Å². The highest BCUT2D eigenvalue weighted by atomic mass is 16.5. The van der Waals surface area contributed by atoms with Crippen molar-refractivity contribution < 1.29 is 4.74 Å². The van der Waals surface area contributed by atoms with Crippen LogP contribution in [0, 0.1) is 0 Å². The van der Waals surface area contributed by atoms with E-state index in [2.05, 4.69) is 6.08 Å². The van der Waals surface area contributed by atoms with Gasteiger partial charge in [-0.1, -0.05) is 30.9 Å². The van der Waals surface area contributed by atoms with Crippen molar-refractivity contribution in [2.45, 2.75) is 88.4 Å². The fraction of sp³-hybridized carbons (Fsp3) is 0.875. The molecule has 1 saturated heterocycles. The molecular weight excluding hydrogens is 222 g/mol. The zero-order valence-corrected chi connectivity index (χ0v) is 11.5. The molecule has 3 fully saturated rings. The molecule has 18 heavy (non-hydrogen) atoms. The zero-order chi connectivity index (χ0) is 12.4. The van der Waals surface area contributed by atoms with E-state index in [4.69, 9.17) is 10.5 Å². The molecule has 2 saturated carbocycles. The Balaban J connectivity index is 1.59. The summed E-state index contributed by atoms with van der Waals surface area (Å²) in [5, 5.41) is 0. The number of hydrogen-bond acceptors (Lipinski definition) is 2. The van der Waals surface area contributed by atoms with Gasteiger partial charge in [-0.15, -0.1) is 0 Å². The minimum atomic E-state index is 0.261. The molecule has 1 heterocycles. The lowest BCUT2D eigenvalue weighted by atomic mass is 9.83. The van der Waals surface area contributed by atoms with Crippen molar-refractivity contribution in [3.63, 3.8) is 0 Å². The van der Waals surface area contributed by atoms with Crippen LogP contribution in [0.2, 0.25) is 0 Å². The second-order valence-electron chi connectivity index (χ2n) is 6.62. The first-order chi connectivity index (χ1) is 8.76. The first-order valence-electron chi connectivity index (χ1n) is 7.89. The summed E-state index contributed by atoms with van der Waals surface area (Å²) in [6.07, 6.45) is 16.9. The van der Waals surface area contributed by atoms with Crippen LogP contribution in [0.15, 0.2) is 11.6 Å². The maximum Gasteiger partial charge on any atom is 0.0767 e. The molecule has 2 atom stereocenters. The molecule has 2 aliphatic carbocycles. The molecule has 3 aliphatic rings. The lowest BCUT2D eigenvalue weighted by molar-refractivity contribution is -0.0484. The molecule has 1 spiro atoms. The molecule has 0 amide bonds. The van der Waals surface area contributed by atoms with E-state index in [0.29, 0.717) is 12.1 Å². The van der Waals surface area contributed by atoms with Crippen molar-refractivity contribution in [1.82, 2.24) is 0 Å². The van der Waals surface area contributed by atoms with Gasteiger partial charge in [-0.25, -0.2) is 0 Å². The second kappa shape index (κ2) is 5.34. The van der Waals surface area contributed by atoms with Crippen molar-refractivity contribution in [1.29, 1.82) is 0 Å². The third kappa shape index (κ3) is 2.80. The van der Waals surface area contributed by atoms with Gasteiger partial charge in [0.1, 0.15) is 0 Å². The van der Waals surface area contributed by atoms with E-state index < -0.39 is 0 Å². The minimum absolute atomic E-state index is 0.261. The van der Waals surface area contributed by atoms with Crippen LogP contribution in [0.3, 0.4) is 0 Å². The van der Waals surface area contributed by atoms with Crippen molar-refractivity contribution >= 4 is 0 Å². The van der Waals surface area contributed by atoms with Gasteiger partial charge >= 0.3 is 0 Å². The van der Waals surface area contributed by atoms with Crippen LogP contribution < -0.4 is 5.73 Å². The van der Waals surface area contributed by atoms with Gasteiger partial charge in [0.05, 0.1) is 11.7 Å². The summed E-state index contributed by atoms with van der Waals surface area (Å²) >= 11 is 0. The van der Waals surface area contributed by atoms with Gasteiger partial charge in [0.15, 0.2) is 0 Å². The minimum Gasteiger partial charge on any atom is -0.368 e. The average Bonchev–Trinajstić information content (AvgIpc) is 2.73.